The van der Waals surface area contributed by atoms with E-state index in [2.05, 4.69) is 44.8 Å². The van der Waals surface area contributed by atoms with Crippen molar-refractivity contribution in [3.05, 3.63) is 0 Å². The van der Waals surface area contributed by atoms with E-state index >= 15 is 0 Å². The van der Waals surface area contributed by atoms with E-state index in [9.17, 15) is 0 Å². The lowest BCUT2D eigenvalue weighted by atomic mass is 9.92. The number of hydrogen-bond acceptors (Lipinski definition) is 3. The highest BCUT2D eigenvalue weighted by atomic mass is 16.5. The van der Waals surface area contributed by atoms with E-state index in [0.29, 0.717) is 30.0 Å². The molecule has 3 heteroatoms. The minimum absolute atomic E-state index is 0.561. The van der Waals surface area contributed by atoms with Gasteiger partial charge < -0.3 is 10.1 Å². The van der Waals surface area contributed by atoms with Crippen LogP contribution in [0.4, 0.5) is 0 Å². The molecule has 1 N–H and O–H groups in total. The van der Waals surface area contributed by atoms with Gasteiger partial charge in [0.1, 0.15) is 0 Å². The Hall–Kier alpha value is -0.120. The number of rotatable bonds is 6. The smallest absolute Gasteiger partial charge is 0.0618 e. The van der Waals surface area contributed by atoms with Crippen LogP contribution in [-0.4, -0.2) is 49.8 Å². The van der Waals surface area contributed by atoms with Crippen molar-refractivity contribution in [1.29, 1.82) is 0 Å². The molecule has 18 heavy (non-hydrogen) atoms. The number of hydrogen-bond donors (Lipinski definition) is 1. The van der Waals surface area contributed by atoms with E-state index in [4.69, 9.17) is 4.74 Å². The standard InChI is InChI=1S/C15H32N2O/c1-7-13(10-18-6)17-9-14(11(2)3)16-8-15(17)12(4)5/h11-16H,7-10H2,1-6H3. The Kier molecular flexibility index (Phi) is 6.61. The van der Waals surface area contributed by atoms with Gasteiger partial charge in [-0.2, -0.15) is 0 Å². The molecular formula is C15H32N2O. The molecule has 108 valence electrons. The van der Waals surface area contributed by atoms with Crippen LogP contribution in [0.25, 0.3) is 0 Å². The van der Waals surface area contributed by atoms with Crippen LogP contribution in [0.15, 0.2) is 0 Å². The molecule has 0 aliphatic carbocycles. The molecule has 0 amide bonds. The first-order valence-corrected chi connectivity index (χ1v) is 7.49. The maximum Gasteiger partial charge on any atom is 0.0618 e. The van der Waals surface area contributed by atoms with Crippen LogP contribution in [0.5, 0.6) is 0 Å². The lowest BCUT2D eigenvalue weighted by Gasteiger charge is -2.47. The summed E-state index contributed by atoms with van der Waals surface area (Å²) in [4.78, 5) is 2.69. The third-order valence-electron chi connectivity index (χ3n) is 4.30. The summed E-state index contributed by atoms with van der Waals surface area (Å²) < 4.78 is 5.41. The molecule has 1 rings (SSSR count). The van der Waals surface area contributed by atoms with Gasteiger partial charge in [-0.3, -0.25) is 4.90 Å². The number of ether oxygens (including phenoxy) is 1. The van der Waals surface area contributed by atoms with Crippen LogP contribution in [-0.2, 0) is 4.74 Å². The average Bonchev–Trinajstić information content (AvgIpc) is 2.35. The molecule has 0 bridgehead atoms. The number of nitrogens with one attached hydrogen (secondary N) is 1. The third-order valence-corrected chi connectivity index (χ3v) is 4.30. The molecule has 0 aromatic carbocycles. The molecule has 0 aromatic heterocycles. The van der Waals surface area contributed by atoms with Gasteiger partial charge in [-0.25, -0.2) is 0 Å². The monoisotopic (exact) mass is 256 g/mol. The minimum atomic E-state index is 0.561. The molecule has 1 heterocycles. The Morgan fingerprint density at radius 2 is 1.89 bits per heavy atom. The second kappa shape index (κ2) is 7.46. The quantitative estimate of drug-likeness (QED) is 0.789. The van der Waals surface area contributed by atoms with Gasteiger partial charge in [-0.15, -0.1) is 0 Å². The normalized spacial score (nSPS) is 28.0. The second-order valence-corrected chi connectivity index (χ2v) is 6.28. The van der Waals surface area contributed by atoms with Crippen LogP contribution < -0.4 is 5.32 Å². The summed E-state index contributed by atoms with van der Waals surface area (Å²) in [5.74, 6) is 1.39. The molecule has 1 aliphatic heterocycles. The molecule has 1 fully saturated rings. The number of nitrogens with zero attached hydrogens (tertiary/aromatic N) is 1. The summed E-state index contributed by atoms with van der Waals surface area (Å²) in [6, 6.07) is 1.82. The van der Waals surface area contributed by atoms with Crippen LogP contribution >= 0.6 is 0 Å². The fourth-order valence-electron chi connectivity index (χ4n) is 2.94. The van der Waals surface area contributed by atoms with Crippen molar-refractivity contribution in [2.24, 2.45) is 11.8 Å². The molecule has 3 unspecified atom stereocenters. The first-order valence-electron chi connectivity index (χ1n) is 7.49. The first kappa shape index (κ1) is 15.9. The molecule has 1 aliphatic rings. The van der Waals surface area contributed by atoms with E-state index in [0.717, 1.165) is 19.7 Å². The van der Waals surface area contributed by atoms with Crippen molar-refractivity contribution < 1.29 is 4.74 Å². The highest BCUT2D eigenvalue weighted by Gasteiger charge is 2.34. The lowest BCUT2D eigenvalue weighted by Crippen LogP contribution is -2.62. The van der Waals surface area contributed by atoms with Crippen molar-refractivity contribution >= 4 is 0 Å². The van der Waals surface area contributed by atoms with Gasteiger partial charge in [-0.1, -0.05) is 34.6 Å². The van der Waals surface area contributed by atoms with E-state index in [1.54, 1.807) is 0 Å². The van der Waals surface area contributed by atoms with Gasteiger partial charge in [0, 0.05) is 38.3 Å². The molecule has 3 nitrogen and oxygen atoms in total. The summed E-state index contributed by atoms with van der Waals surface area (Å²) in [6.45, 7) is 14.7. The maximum absolute atomic E-state index is 5.41. The van der Waals surface area contributed by atoms with Crippen molar-refractivity contribution in [3.63, 3.8) is 0 Å². The van der Waals surface area contributed by atoms with Crippen LogP contribution in [0.2, 0.25) is 0 Å². The van der Waals surface area contributed by atoms with Crippen molar-refractivity contribution in [1.82, 2.24) is 10.2 Å². The van der Waals surface area contributed by atoms with Gasteiger partial charge in [-0.05, 0) is 18.3 Å². The predicted molar refractivity (Wildman–Crippen MR) is 77.9 cm³/mol. The Balaban J connectivity index is 2.76. The molecule has 0 aromatic rings. The fourth-order valence-corrected chi connectivity index (χ4v) is 2.94. The molecule has 0 saturated carbocycles. The van der Waals surface area contributed by atoms with E-state index in [1.165, 1.54) is 6.42 Å². The Labute approximate surface area is 113 Å². The zero-order valence-electron chi connectivity index (χ0n) is 13.1. The van der Waals surface area contributed by atoms with Crippen LogP contribution in [0, 0.1) is 11.8 Å². The number of methoxy groups -OCH3 is 1. The first-order chi connectivity index (χ1) is 8.51. The van der Waals surface area contributed by atoms with E-state index < -0.39 is 0 Å². The number of piperazine rings is 1. The van der Waals surface area contributed by atoms with Gasteiger partial charge in [0.2, 0.25) is 0 Å². The molecule has 0 spiro atoms. The summed E-state index contributed by atoms with van der Waals surface area (Å²) >= 11 is 0. The summed E-state index contributed by atoms with van der Waals surface area (Å²) in [6.07, 6.45) is 1.17. The second-order valence-electron chi connectivity index (χ2n) is 6.28. The SMILES string of the molecule is CCC(COC)N1CC(C(C)C)NCC1C(C)C. The fraction of sp³-hybridized carbons (Fsp3) is 1.00. The van der Waals surface area contributed by atoms with Crippen molar-refractivity contribution in [2.75, 3.05) is 26.8 Å². The molecular weight excluding hydrogens is 224 g/mol. The van der Waals surface area contributed by atoms with Crippen LogP contribution in [0.1, 0.15) is 41.0 Å². The van der Waals surface area contributed by atoms with Crippen molar-refractivity contribution in [3.8, 4) is 0 Å². The van der Waals surface area contributed by atoms with Crippen molar-refractivity contribution in [2.45, 2.75) is 59.2 Å². The summed E-state index contributed by atoms with van der Waals surface area (Å²) in [5, 5.41) is 3.72. The largest absolute Gasteiger partial charge is 0.383 e. The Morgan fingerprint density at radius 3 is 2.33 bits per heavy atom. The molecule has 0 radical (unpaired) electrons. The predicted octanol–water partition coefficient (Wildman–Crippen LogP) is 2.37. The van der Waals surface area contributed by atoms with Gasteiger partial charge in [0.15, 0.2) is 0 Å². The zero-order chi connectivity index (χ0) is 13.7. The highest BCUT2D eigenvalue weighted by Crippen LogP contribution is 2.22. The third kappa shape index (κ3) is 3.94. The molecule has 1 saturated heterocycles. The van der Waals surface area contributed by atoms with E-state index in [-0.39, 0.29) is 0 Å². The summed E-state index contributed by atoms with van der Waals surface area (Å²) in [5.41, 5.74) is 0. The molecule has 3 atom stereocenters. The highest BCUT2D eigenvalue weighted by molar-refractivity contribution is 4.92. The maximum atomic E-state index is 5.41. The van der Waals surface area contributed by atoms with Gasteiger partial charge >= 0.3 is 0 Å². The van der Waals surface area contributed by atoms with Crippen LogP contribution in [0.3, 0.4) is 0 Å². The lowest BCUT2D eigenvalue weighted by molar-refractivity contribution is 0.00878. The zero-order valence-corrected chi connectivity index (χ0v) is 13.1. The minimum Gasteiger partial charge on any atom is -0.383 e. The van der Waals surface area contributed by atoms with E-state index in [1.807, 2.05) is 7.11 Å². The van der Waals surface area contributed by atoms with Gasteiger partial charge in [0.25, 0.3) is 0 Å². The van der Waals surface area contributed by atoms with Gasteiger partial charge in [0.05, 0.1) is 6.61 Å². The summed E-state index contributed by atoms with van der Waals surface area (Å²) in [7, 11) is 1.81. The topological polar surface area (TPSA) is 24.5 Å². The average molecular weight is 256 g/mol. The Bertz CT molecular complexity index is 231. The Morgan fingerprint density at radius 1 is 1.22 bits per heavy atom.